The summed E-state index contributed by atoms with van der Waals surface area (Å²) in [5.74, 6) is -1.11. The first-order valence-electron chi connectivity index (χ1n) is 7.54. The Kier molecular flexibility index (Phi) is 4.76. The van der Waals surface area contributed by atoms with Crippen LogP contribution in [0.1, 0.15) is 18.5 Å². The Hall–Kier alpha value is -2.80. The Morgan fingerprint density at radius 3 is 2.20 bits per heavy atom. The van der Waals surface area contributed by atoms with Gasteiger partial charge in [-0.05, 0) is 61.1 Å². The Morgan fingerprint density at radius 1 is 1.04 bits per heavy atom. The number of hydrogen-bond acceptors (Lipinski definition) is 2. The van der Waals surface area contributed by atoms with Gasteiger partial charge in [-0.3, -0.25) is 4.79 Å². The molecule has 0 aromatic heterocycles. The largest absolute Gasteiger partial charge is 0.351 e. The molecule has 1 amide bonds. The van der Waals surface area contributed by atoms with Crippen LogP contribution in [-0.2, 0) is 4.79 Å². The van der Waals surface area contributed by atoms with Crippen molar-refractivity contribution in [2.75, 3.05) is 5.32 Å². The topological polar surface area (TPSA) is 53.2 Å². The molecule has 2 aromatic carbocycles. The van der Waals surface area contributed by atoms with E-state index in [2.05, 4.69) is 16.0 Å². The van der Waals surface area contributed by atoms with Gasteiger partial charge in [0.15, 0.2) is 5.11 Å². The van der Waals surface area contributed by atoms with E-state index in [1.54, 1.807) is 19.1 Å². The molecule has 4 nitrogen and oxygen atoms in total. The molecule has 1 aliphatic rings. The van der Waals surface area contributed by atoms with Crippen molar-refractivity contribution in [1.82, 2.24) is 10.6 Å². The molecule has 3 N–H and O–H groups in total. The zero-order valence-corrected chi connectivity index (χ0v) is 14.1. The molecule has 1 atom stereocenters. The van der Waals surface area contributed by atoms with Crippen molar-refractivity contribution >= 4 is 28.9 Å². The number of allylic oxidation sites excluding steroid dienone is 1. The van der Waals surface area contributed by atoms with Crippen molar-refractivity contribution in [1.29, 1.82) is 0 Å². The standard InChI is InChI=1S/C18H15F2N3OS/c1-10-15(17(24)22-14-8-6-13(20)7-9-14)16(23-18(25)21-10)11-2-4-12(19)5-3-11/h2-9,16H,1H3,(H,22,24)(H2,21,23,25). The fourth-order valence-electron chi connectivity index (χ4n) is 2.63. The molecule has 3 rings (SSSR count). The summed E-state index contributed by atoms with van der Waals surface area (Å²) in [6.45, 7) is 1.74. The van der Waals surface area contributed by atoms with Crippen molar-refractivity contribution in [2.45, 2.75) is 13.0 Å². The molecule has 2 aromatic rings. The molecule has 0 bridgehead atoms. The molecular formula is C18H15F2N3OS. The van der Waals surface area contributed by atoms with Gasteiger partial charge in [0, 0.05) is 11.4 Å². The second kappa shape index (κ2) is 6.98. The lowest BCUT2D eigenvalue weighted by Crippen LogP contribution is -2.45. The van der Waals surface area contributed by atoms with Crippen LogP contribution in [0.15, 0.2) is 59.8 Å². The molecular weight excluding hydrogens is 344 g/mol. The quantitative estimate of drug-likeness (QED) is 0.736. The molecule has 0 saturated carbocycles. The van der Waals surface area contributed by atoms with Crippen LogP contribution in [0, 0.1) is 11.6 Å². The summed E-state index contributed by atoms with van der Waals surface area (Å²) in [5.41, 5.74) is 2.19. The van der Waals surface area contributed by atoms with E-state index in [0.29, 0.717) is 27.6 Å². The second-order valence-electron chi connectivity index (χ2n) is 5.58. The fourth-order valence-corrected chi connectivity index (χ4v) is 2.90. The monoisotopic (exact) mass is 359 g/mol. The van der Waals surface area contributed by atoms with E-state index in [1.165, 1.54) is 36.4 Å². The number of carbonyl (C=O) groups excluding carboxylic acids is 1. The molecule has 1 aliphatic heterocycles. The summed E-state index contributed by atoms with van der Waals surface area (Å²) in [7, 11) is 0. The van der Waals surface area contributed by atoms with Gasteiger partial charge >= 0.3 is 0 Å². The number of nitrogens with one attached hydrogen (secondary N) is 3. The average Bonchev–Trinajstić information content (AvgIpc) is 2.57. The Labute approximate surface area is 148 Å². The van der Waals surface area contributed by atoms with E-state index in [9.17, 15) is 13.6 Å². The summed E-state index contributed by atoms with van der Waals surface area (Å²) in [4.78, 5) is 12.8. The summed E-state index contributed by atoms with van der Waals surface area (Å²) in [6, 6.07) is 10.8. The Bertz CT molecular complexity index is 848. The molecule has 7 heteroatoms. The number of benzene rings is 2. The lowest BCUT2D eigenvalue weighted by molar-refractivity contribution is -0.113. The zero-order valence-electron chi connectivity index (χ0n) is 13.3. The van der Waals surface area contributed by atoms with Crippen LogP contribution in [0.3, 0.4) is 0 Å². The number of halogens is 2. The van der Waals surface area contributed by atoms with Crippen LogP contribution in [0.25, 0.3) is 0 Å². The van der Waals surface area contributed by atoms with E-state index in [4.69, 9.17) is 12.2 Å². The van der Waals surface area contributed by atoms with E-state index in [-0.39, 0.29) is 17.5 Å². The number of thiocarbonyl (C=S) groups is 1. The Morgan fingerprint density at radius 2 is 1.60 bits per heavy atom. The van der Waals surface area contributed by atoms with Crippen molar-refractivity contribution < 1.29 is 13.6 Å². The highest BCUT2D eigenvalue weighted by molar-refractivity contribution is 7.80. The highest BCUT2D eigenvalue weighted by Crippen LogP contribution is 2.28. The fraction of sp³-hybridized carbons (Fsp3) is 0.111. The summed E-state index contributed by atoms with van der Waals surface area (Å²) >= 11 is 5.17. The molecule has 0 radical (unpaired) electrons. The maximum atomic E-state index is 13.2. The predicted molar refractivity (Wildman–Crippen MR) is 95.7 cm³/mol. The maximum absolute atomic E-state index is 13.2. The van der Waals surface area contributed by atoms with Gasteiger partial charge in [0.25, 0.3) is 5.91 Å². The normalized spacial score (nSPS) is 16.9. The van der Waals surface area contributed by atoms with Gasteiger partial charge in [-0.2, -0.15) is 0 Å². The van der Waals surface area contributed by atoms with Crippen molar-refractivity contribution in [2.24, 2.45) is 0 Å². The molecule has 25 heavy (non-hydrogen) atoms. The molecule has 1 unspecified atom stereocenters. The third-order valence-electron chi connectivity index (χ3n) is 3.82. The minimum atomic E-state index is -0.519. The van der Waals surface area contributed by atoms with E-state index in [0.717, 1.165) is 0 Å². The number of carbonyl (C=O) groups is 1. The lowest BCUT2D eigenvalue weighted by Gasteiger charge is -2.30. The van der Waals surface area contributed by atoms with Crippen LogP contribution in [0.5, 0.6) is 0 Å². The van der Waals surface area contributed by atoms with Crippen LogP contribution in [0.2, 0.25) is 0 Å². The van der Waals surface area contributed by atoms with Crippen LogP contribution >= 0.6 is 12.2 Å². The van der Waals surface area contributed by atoms with Crippen LogP contribution in [-0.4, -0.2) is 11.0 Å². The smallest absolute Gasteiger partial charge is 0.255 e. The summed E-state index contributed by atoms with van der Waals surface area (Å²) in [5, 5.41) is 9.06. The highest BCUT2D eigenvalue weighted by atomic mass is 32.1. The van der Waals surface area contributed by atoms with Gasteiger partial charge in [0.1, 0.15) is 11.6 Å². The van der Waals surface area contributed by atoms with Crippen molar-refractivity contribution in [3.8, 4) is 0 Å². The summed E-state index contributed by atoms with van der Waals surface area (Å²) < 4.78 is 26.2. The second-order valence-corrected chi connectivity index (χ2v) is 5.99. The first kappa shape index (κ1) is 17.0. The van der Waals surface area contributed by atoms with Crippen LogP contribution in [0.4, 0.5) is 14.5 Å². The van der Waals surface area contributed by atoms with E-state index < -0.39 is 6.04 Å². The molecule has 0 spiro atoms. The maximum Gasteiger partial charge on any atom is 0.255 e. The molecule has 1 heterocycles. The van der Waals surface area contributed by atoms with E-state index in [1.807, 2.05) is 0 Å². The minimum Gasteiger partial charge on any atom is -0.351 e. The van der Waals surface area contributed by atoms with E-state index >= 15 is 0 Å². The molecule has 0 saturated heterocycles. The zero-order chi connectivity index (χ0) is 18.0. The van der Waals surface area contributed by atoms with Crippen molar-refractivity contribution in [3.63, 3.8) is 0 Å². The number of anilines is 1. The molecule has 0 aliphatic carbocycles. The van der Waals surface area contributed by atoms with Gasteiger partial charge < -0.3 is 16.0 Å². The molecule has 128 valence electrons. The highest BCUT2D eigenvalue weighted by Gasteiger charge is 2.29. The van der Waals surface area contributed by atoms with Gasteiger partial charge in [-0.15, -0.1) is 0 Å². The Balaban J connectivity index is 1.92. The summed E-state index contributed by atoms with van der Waals surface area (Å²) in [6.07, 6.45) is 0. The van der Waals surface area contributed by atoms with Crippen molar-refractivity contribution in [3.05, 3.63) is 77.0 Å². The third kappa shape index (κ3) is 3.83. The SMILES string of the molecule is CC1=C(C(=O)Nc2ccc(F)cc2)C(c2ccc(F)cc2)NC(=S)N1. The number of hydrogen-bond donors (Lipinski definition) is 3. The van der Waals surface area contributed by atoms with Gasteiger partial charge in [-0.1, -0.05) is 12.1 Å². The predicted octanol–water partition coefficient (Wildman–Crippen LogP) is 3.40. The van der Waals surface area contributed by atoms with Gasteiger partial charge in [-0.25, -0.2) is 8.78 Å². The first-order valence-corrected chi connectivity index (χ1v) is 7.95. The van der Waals surface area contributed by atoms with Gasteiger partial charge in [0.05, 0.1) is 11.6 Å². The number of rotatable bonds is 3. The lowest BCUT2D eigenvalue weighted by atomic mass is 9.95. The first-order chi connectivity index (χ1) is 11.9. The third-order valence-corrected chi connectivity index (χ3v) is 4.04. The van der Waals surface area contributed by atoms with Gasteiger partial charge in [0.2, 0.25) is 0 Å². The minimum absolute atomic E-state index is 0.360. The number of amides is 1. The van der Waals surface area contributed by atoms with Crippen LogP contribution < -0.4 is 16.0 Å². The molecule has 0 fully saturated rings. The average molecular weight is 359 g/mol.